The zero-order chi connectivity index (χ0) is 32.1. The third-order valence-corrected chi connectivity index (χ3v) is 7.04. The Bertz CT molecular complexity index is 1690. The van der Waals surface area contributed by atoms with Crippen molar-refractivity contribution in [2.45, 2.75) is 51.6 Å². The van der Waals surface area contributed by atoms with E-state index in [1.54, 1.807) is 37.6 Å². The predicted octanol–water partition coefficient (Wildman–Crippen LogP) is 1.07. The molecule has 2 aromatic rings. The minimum absolute atomic E-state index is 0.0718. The van der Waals surface area contributed by atoms with E-state index in [1.165, 1.54) is 0 Å². The summed E-state index contributed by atoms with van der Waals surface area (Å²) in [6, 6.07) is 1.77. The average Bonchev–Trinajstić information content (AvgIpc) is 3.66. The van der Waals surface area contributed by atoms with Crippen LogP contribution < -0.4 is 33.8 Å². The van der Waals surface area contributed by atoms with Gasteiger partial charge in [-0.05, 0) is 12.1 Å². The highest BCUT2D eigenvalue weighted by Crippen LogP contribution is 2.34. The lowest BCUT2D eigenvalue weighted by molar-refractivity contribution is -0.121. The summed E-state index contributed by atoms with van der Waals surface area (Å²) >= 11 is 0. The van der Waals surface area contributed by atoms with Crippen molar-refractivity contribution in [3.05, 3.63) is 46.2 Å². The lowest BCUT2D eigenvalue weighted by atomic mass is 9.99. The number of anilines is 2. The second-order valence-electron chi connectivity index (χ2n) is 10.6. The van der Waals surface area contributed by atoms with E-state index in [4.69, 9.17) is 28.3 Å². The number of amidine groups is 2. The second kappa shape index (κ2) is 13.2. The van der Waals surface area contributed by atoms with Crippen molar-refractivity contribution in [1.82, 2.24) is 20.3 Å². The Morgan fingerprint density at radius 3 is 2.23 bits per heavy atom. The Kier molecular flexibility index (Phi) is 9.41. The van der Waals surface area contributed by atoms with Crippen molar-refractivity contribution in [3.63, 3.8) is 0 Å². The maximum absolute atomic E-state index is 11.2. The standard InChI is InChI=1S/C8H9N3.C7H11N5.C7H8N4O.C6H8N2O/c1-5-4-11-8-6(9)2-3-10-7(5)8;1-3-2-10-5-4(3)11-7(9)12-6(5)8;1-3-2-9-5-4(3)10-7(8)11-6(5)12;1-4-2-3-5(7)8-6(4)9/h2-5H,1H3,(H2,9,10);2-5H,1H3,(H4,8,9,11,12);2-3H,1H3,(H3,8,10,11,12);2-4H,1H3,(H2,7,8,9). The van der Waals surface area contributed by atoms with Gasteiger partial charge in [0.1, 0.15) is 29.1 Å². The SMILES string of the molecule is CC1C=CC(=N)NC1=O.CC1C=NC2C(N)=NC(N)=NC12.CC1C=Nc2c(N)ccnc21.CC1C=Nc2c1nc(N)[nH]c2=O. The number of pyridine rings is 1. The van der Waals surface area contributed by atoms with Gasteiger partial charge in [0.15, 0.2) is 0 Å². The summed E-state index contributed by atoms with van der Waals surface area (Å²) in [5, 5.41) is 9.38. The molecule has 0 fully saturated rings. The Hall–Kier alpha value is -5.54. The number of nitrogens with two attached hydrogens (primary N) is 4. The fourth-order valence-electron chi connectivity index (χ4n) is 4.55. The molecule has 11 N–H and O–H groups in total. The van der Waals surface area contributed by atoms with Crippen LogP contribution in [0.3, 0.4) is 0 Å². The van der Waals surface area contributed by atoms with Crippen LogP contribution in [0.15, 0.2) is 54.2 Å². The van der Waals surface area contributed by atoms with Crippen LogP contribution in [0.2, 0.25) is 0 Å². The van der Waals surface area contributed by atoms with Gasteiger partial charge in [-0.25, -0.2) is 9.98 Å². The first-order valence-corrected chi connectivity index (χ1v) is 13.9. The number of nitrogen functional groups attached to an aromatic ring is 2. The number of nitrogens with zero attached hydrogens (tertiary/aromatic N) is 7. The van der Waals surface area contributed by atoms with E-state index in [9.17, 15) is 9.59 Å². The average molecular weight is 601 g/mol. The molecule has 1 amide bonds. The normalized spacial score (nSPS) is 26.4. The summed E-state index contributed by atoms with van der Waals surface area (Å²) in [6.07, 6.45) is 10.4. The van der Waals surface area contributed by atoms with Crippen LogP contribution in [-0.2, 0) is 4.79 Å². The van der Waals surface area contributed by atoms with Crippen molar-refractivity contribution in [1.29, 1.82) is 5.41 Å². The van der Waals surface area contributed by atoms with Gasteiger partial charge in [0.2, 0.25) is 17.8 Å². The number of nitrogens with one attached hydrogen (secondary N) is 3. The van der Waals surface area contributed by atoms with E-state index in [0.29, 0.717) is 29.1 Å². The molecule has 7 rings (SSSR count). The predicted molar refractivity (Wildman–Crippen MR) is 174 cm³/mol. The summed E-state index contributed by atoms with van der Waals surface area (Å²) < 4.78 is 0. The lowest BCUT2D eigenvalue weighted by Crippen LogP contribution is -2.42. The number of hydrogen-bond acceptors (Lipinski definition) is 14. The molecule has 0 bridgehead atoms. The van der Waals surface area contributed by atoms with Crippen molar-refractivity contribution in [2.75, 3.05) is 11.5 Å². The van der Waals surface area contributed by atoms with Gasteiger partial charge in [-0.3, -0.25) is 39.9 Å². The number of carbonyl (C=O) groups excluding carboxylic acids is 1. The highest BCUT2D eigenvalue weighted by molar-refractivity contribution is 6.06. The topological polar surface area (TPSA) is 277 Å². The molecule has 0 aliphatic carbocycles. The highest BCUT2D eigenvalue weighted by atomic mass is 16.2. The van der Waals surface area contributed by atoms with E-state index < -0.39 is 0 Å². The number of aromatic nitrogens is 3. The van der Waals surface area contributed by atoms with Crippen molar-refractivity contribution >= 4 is 65.2 Å². The molecule has 0 aromatic carbocycles. The monoisotopic (exact) mass is 600 g/mol. The van der Waals surface area contributed by atoms with Crippen LogP contribution in [0.25, 0.3) is 0 Å². The summed E-state index contributed by atoms with van der Waals surface area (Å²) in [6.45, 7) is 7.81. The fraction of sp³-hybridized carbons (Fsp3) is 0.357. The Labute approximate surface area is 253 Å². The van der Waals surface area contributed by atoms with Crippen LogP contribution in [-0.4, -0.2) is 69.2 Å². The summed E-state index contributed by atoms with van der Waals surface area (Å²) in [5.74, 6) is 1.61. The molecule has 6 atom stereocenters. The minimum atomic E-state index is -0.266. The molecule has 5 aliphatic rings. The third kappa shape index (κ3) is 7.08. The summed E-state index contributed by atoms with van der Waals surface area (Å²) in [4.78, 5) is 52.8. The molecular formula is C28H36N14O2. The van der Waals surface area contributed by atoms with Crippen molar-refractivity contribution in [2.24, 2.45) is 48.3 Å². The van der Waals surface area contributed by atoms with Gasteiger partial charge in [0.05, 0.1) is 29.0 Å². The number of fused-ring (bicyclic) bond motifs is 3. The molecular weight excluding hydrogens is 564 g/mol. The summed E-state index contributed by atoms with van der Waals surface area (Å²) in [7, 11) is 0. The first-order valence-electron chi connectivity index (χ1n) is 13.9. The molecule has 16 nitrogen and oxygen atoms in total. The number of amides is 1. The molecule has 7 heterocycles. The smallest absolute Gasteiger partial charge is 0.278 e. The Balaban J connectivity index is 0.000000135. The maximum atomic E-state index is 11.2. The molecule has 44 heavy (non-hydrogen) atoms. The zero-order valence-electron chi connectivity index (χ0n) is 24.8. The molecule has 6 unspecified atom stereocenters. The zero-order valence-corrected chi connectivity index (χ0v) is 24.8. The van der Waals surface area contributed by atoms with E-state index >= 15 is 0 Å². The molecule has 0 spiro atoms. The largest absolute Gasteiger partial charge is 0.397 e. The van der Waals surface area contributed by atoms with Crippen molar-refractivity contribution in [3.8, 4) is 0 Å². The lowest BCUT2D eigenvalue weighted by Gasteiger charge is -2.20. The molecule has 0 saturated carbocycles. The number of hydrogen-bond donors (Lipinski definition) is 7. The molecule has 2 aromatic heterocycles. The number of aliphatic imine (C=N–C) groups is 5. The fourth-order valence-corrected chi connectivity index (χ4v) is 4.55. The second-order valence-corrected chi connectivity index (χ2v) is 10.6. The van der Waals surface area contributed by atoms with Gasteiger partial charge in [-0.2, -0.15) is 4.99 Å². The van der Waals surface area contributed by atoms with Crippen LogP contribution in [0.5, 0.6) is 0 Å². The number of H-pyrrole nitrogens is 1. The highest BCUT2D eigenvalue weighted by Gasteiger charge is 2.35. The van der Waals surface area contributed by atoms with Gasteiger partial charge in [0, 0.05) is 42.6 Å². The van der Waals surface area contributed by atoms with Crippen LogP contribution in [0, 0.1) is 17.2 Å². The van der Waals surface area contributed by atoms with E-state index in [2.05, 4.69) is 52.2 Å². The Morgan fingerprint density at radius 1 is 0.886 bits per heavy atom. The van der Waals surface area contributed by atoms with Gasteiger partial charge < -0.3 is 28.3 Å². The third-order valence-electron chi connectivity index (χ3n) is 7.04. The number of aromatic amines is 1. The van der Waals surface area contributed by atoms with Gasteiger partial charge in [-0.15, -0.1) is 0 Å². The first-order chi connectivity index (χ1) is 20.8. The molecule has 230 valence electrons. The number of rotatable bonds is 0. The summed E-state index contributed by atoms with van der Waals surface area (Å²) in [5.41, 5.74) is 25.5. The quantitative estimate of drug-likeness (QED) is 0.229. The number of guanidine groups is 1. The van der Waals surface area contributed by atoms with Gasteiger partial charge in [-0.1, -0.05) is 33.8 Å². The van der Waals surface area contributed by atoms with Crippen LogP contribution in [0.4, 0.5) is 23.0 Å². The minimum Gasteiger partial charge on any atom is -0.397 e. The van der Waals surface area contributed by atoms with Crippen LogP contribution >= 0.6 is 0 Å². The maximum Gasteiger partial charge on any atom is 0.278 e. The van der Waals surface area contributed by atoms with Crippen LogP contribution in [0.1, 0.15) is 50.9 Å². The molecule has 0 radical (unpaired) electrons. The number of carbonyl (C=O) groups is 1. The molecule has 5 aliphatic heterocycles. The van der Waals surface area contributed by atoms with Crippen molar-refractivity contribution < 1.29 is 4.79 Å². The van der Waals surface area contributed by atoms with Gasteiger partial charge in [0.25, 0.3) is 5.56 Å². The molecule has 0 saturated heterocycles. The molecule has 16 heteroatoms. The first kappa shape index (κ1) is 31.4. The van der Waals surface area contributed by atoms with Gasteiger partial charge >= 0.3 is 0 Å². The Morgan fingerprint density at radius 2 is 1.57 bits per heavy atom. The van der Waals surface area contributed by atoms with E-state index in [0.717, 1.165) is 17.1 Å². The van der Waals surface area contributed by atoms with E-state index in [1.807, 2.05) is 26.3 Å². The van der Waals surface area contributed by atoms with E-state index in [-0.39, 0.29) is 53.1 Å².